The van der Waals surface area contributed by atoms with E-state index in [1.807, 2.05) is 6.92 Å². The Kier molecular flexibility index (Phi) is 2.19. The van der Waals surface area contributed by atoms with Crippen LogP contribution < -0.4 is 0 Å². The Labute approximate surface area is 85.5 Å². The van der Waals surface area contributed by atoms with Gasteiger partial charge in [-0.15, -0.1) is 0 Å². The van der Waals surface area contributed by atoms with Crippen LogP contribution in [-0.4, -0.2) is 16.1 Å². The second-order valence-corrected chi connectivity index (χ2v) is 3.37. The highest BCUT2D eigenvalue weighted by molar-refractivity contribution is 5.95. The smallest absolute Gasteiger partial charge is 0.352 e. The van der Waals surface area contributed by atoms with E-state index in [4.69, 9.17) is 5.11 Å². The fourth-order valence-corrected chi connectivity index (χ4v) is 1.68. The van der Waals surface area contributed by atoms with E-state index in [2.05, 4.69) is 4.98 Å². The van der Waals surface area contributed by atoms with Crippen molar-refractivity contribution < 1.29 is 14.3 Å². The third-order valence-corrected chi connectivity index (χ3v) is 2.40. The van der Waals surface area contributed by atoms with Crippen molar-refractivity contribution in [3.63, 3.8) is 0 Å². The summed E-state index contributed by atoms with van der Waals surface area (Å²) in [4.78, 5) is 13.4. The lowest BCUT2D eigenvalue weighted by molar-refractivity contribution is 0.0691. The van der Waals surface area contributed by atoms with Crippen LogP contribution in [-0.2, 0) is 6.42 Å². The summed E-state index contributed by atoms with van der Waals surface area (Å²) in [7, 11) is 0. The van der Waals surface area contributed by atoms with Crippen LogP contribution in [0.1, 0.15) is 23.0 Å². The molecule has 2 N–H and O–H groups in total. The van der Waals surface area contributed by atoms with Gasteiger partial charge in [0.25, 0.3) is 0 Å². The maximum absolute atomic E-state index is 13.1. The molecule has 78 valence electrons. The van der Waals surface area contributed by atoms with Gasteiger partial charge >= 0.3 is 5.97 Å². The van der Waals surface area contributed by atoms with Crippen LogP contribution in [0.15, 0.2) is 18.2 Å². The summed E-state index contributed by atoms with van der Waals surface area (Å²) in [5.41, 5.74) is 1.43. The molecule has 2 aromatic rings. The van der Waals surface area contributed by atoms with Crippen LogP contribution in [0.3, 0.4) is 0 Å². The number of aromatic nitrogens is 1. The summed E-state index contributed by atoms with van der Waals surface area (Å²) in [6, 6.07) is 4.28. The number of aromatic carboxylic acids is 1. The van der Waals surface area contributed by atoms with E-state index >= 15 is 0 Å². The maximum Gasteiger partial charge on any atom is 0.352 e. The Morgan fingerprint density at radius 3 is 2.80 bits per heavy atom. The molecule has 0 spiro atoms. The van der Waals surface area contributed by atoms with E-state index in [0.29, 0.717) is 11.9 Å². The van der Waals surface area contributed by atoms with E-state index in [0.717, 1.165) is 10.9 Å². The minimum Gasteiger partial charge on any atom is -0.477 e. The number of nitrogens with one attached hydrogen (secondary N) is 1. The van der Waals surface area contributed by atoms with E-state index in [9.17, 15) is 9.18 Å². The average Bonchev–Trinajstić information content (AvgIpc) is 2.59. The number of carboxylic acids is 1. The molecule has 0 amide bonds. The molecule has 0 unspecified atom stereocenters. The van der Waals surface area contributed by atoms with E-state index in [-0.39, 0.29) is 11.5 Å². The molecule has 4 heteroatoms. The zero-order valence-corrected chi connectivity index (χ0v) is 8.17. The van der Waals surface area contributed by atoms with Crippen molar-refractivity contribution in [1.29, 1.82) is 0 Å². The van der Waals surface area contributed by atoms with Crippen LogP contribution in [0.4, 0.5) is 4.39 Å². The molecule has 0 fully saturated rings. The van der Waals surface area contributed by atoms with Gasteiger partial charge in [0.2, 0.25) is 0 Å². The molecular formula is C11H10FNO2. The molecule has 0 saturated carbocycles. The third kappa shape index (κ3) is 1.58. The molecule has 2 rings (SSSR count). The molecule has 0 aliphatic heterocycles. The van der Waals surface area contributed by atoms with Gasteiger partial charge in [-0.3, -0.25) is 0 Å². The zero-order chi connectivity index (χ0) is 11.0. The second kappa shape index (κ2) is 3.38. The van der Waals surface area contributed by atoms with Crippen molar-refractivity contribution in [1.82, 2.24) is 4.98 Å². The highest BCUT2D eigenvalue weighted by atomic mass is 19.1. The fraction of sp³-hybridized carbons (Fsp3) is 0.182. The number of rotatable bonds is 2. The summed E-state index contributed by atoms with van der Waals surface area (Å²) in [6.45, 7) is 1.90. The van der Waals surface area contributed by atoms with Crippen molar-refractivity contribution in [2.45, 2.75) is 13.3 Å². The van der Waals surface area contributed by atoms with Gasteiger partial charge in [-0.1, -0.05) is 6.92 Å². The highest BCUT2D eigenvalue weighted by Crippen LogP contribution is 2.22. The predicted octanol–water partition coefficient (Wildman–Crippen LogP) is 2.57. The molecule has 1 aromatic carbocycles. The van der Waals surface area contributed by atoms with Gasteiger partial charge in [0.1, 0.15) is 11.5 Å². The molecule has 15 heavy (non-hydrogen) atoms. The number of H-pyrrole nitrogens is 1. The normalized spacial score (nSPS) is 10.8. The first-order valence-electron chi connectivity index (χ1n) is 4.66. The molecule has 1 aromatic heterocycles. The summed E-state index contributed by atoms with van der Waals surface area (Å²) >= 11 is 0. The van der Waals surface area contributed by atoms with Crippen molar-refractivity contribution in [3.8, 4) is 0 Å². The number of fused-ring (bicyclic) bond motifs is 1. The van der Waals surface area contributed by atoms with Gasteiger partial charge in [0.05, 0.1) is 0 Å². The minimum atomic E-state index is -1.03. The number of carboxylic acid groups (broad SMARTS) is 1. The molecule has 0 aliphatic rings. The number of hydrogen-bond acceptors (Lipinski definition) is 1. The highest BCUT2D eigenvalue weighted by Gasteiger charge is 2.10. The van der Waals surface area contributed by atoms with Gasteiger partial charge in [0, 0.05) is 10.9 Å². The summed E-state index contributed by atoms with van der Waals surface area (Å²) < 4.78 is 13.1. The first-order chi connectivity index (χ1) is 7.11. The average molecular weight is 207 g/mol. The molecule has 0 radical (unpaired) electrons. The van der Waals surface area contributed by atoms with Gasteiger partial charge < -0.3 is 10.1 Å². The van der Waals surface area contributed by atoms with Crippen molar-refractivity contribution in [2.75, 3.05) is 0 Å². The van der Waals surface area contributed by atoms with Crippen LogP contribution >= 0.6 is 0 Å². The Morgan fingerprint density at radius 1 is 1.47 bits per heavy atom. The standard InChI is InChI=1S/C11H10FNO2/c1-2-6-3-7(12)4-9-8(6)5-10(13-9)11(14)15/h3-5,13H,2H2,1H3,(H,14,15). The number of benzene rings is 1. The van der Waals surface area contributed by atoms with E-state index in [1.165, 1.54) is 18.2 Å². The van der Waals surface area contributed by atoms with Crippen LogP contribution in [0.2, 0.25) is 0 Å². The van der Waals surface area contributed by atoms with Crippen molar-refractivity contribution >= 4 is 16.9 Å². The molecule has 3 nitrogen and oxygen atoms in total. The second-order valence-electron chi connectivity index (χ2n) is 3.37. The first-order valence-corrected chi connectivity index (χ1v) is 4.66. The Bertz CT molecular complexity index is 531. The van der Waals surface area contributed by atoms with Gasteiger partial charge in [-0.25, -0.2) is 9.18 Å². The van der Waals surface area contributed by atoms with Gasteiger partial charge in [-0.2, -0.15) is 0 Å². The predicted molar refractivity (Wildman–Crippen MR) is 54.6 cm³/mol. The minimum absolute atomic E-state index is 0.0882. The Balaban J connectivity index is 2.74. The molecular weight excluding hydrogens is 197 g/mol. The summed E-state index contributed by atoms with van der Waals surface area (Å²) in [5.74, 6) is -1.38. The molecule has 0 saturated heterocycles. The number of aryl methyl sites for hydroxylation is 1. The van der Waals surface area contributed by atoms with Crippen molar-refractivity contribution in [3.05, 3.63) is 35.3 Å². The third-order valence-electron chi connectivity index (χ3n) is 2.40. The van der Waals surface area contributed by atoms with Gasteiger partial charge in [0.15, 0.2) is 0 Å². The van der Waals surface area contributed by atoms with Crippen molar-refractivity contribution in [2.24, 2.45) is 0 Å². The maximum atomic E-state index is 13.1. The first kappa shape index (κ1) is 9.71. The number of aromatic amines is 1. The van der Waals surface area contributed by atoms with Crippen LogP contribution in [0, 0.1) is 5.82 Å². The molecule has 0 bridgehead atoms. The Hall–Kier alpha value is -1.84. The summed E-state index contributed by atoms with van der Waals surface area (Å²) in [6.07, 6.45) is 0.672. The topological polar surface area (TPSA) is 53.1 Å². The number of hydrogen-bond donors (Lipinski definition) is 2. The SMILES string of the molecule is CCc1cc(F)cc2[nH]c(C(=O)O)cc12. The summed E-state index contributed by atoms with van der Waals surface area (Å²) in [5, 5.41) is 9.57. The largest absolute Gasteiger partial charge is 0.477 e. The van der Waals surface area contributed by atoms with Crippen LogP contribution in [0.25, 0.3) is 10.9 Å². The van der Waals surface area contributed by atoms with Gasteiger partial charge in [-0.05, 0) is 30.2 Å². The fourth-order valence-electron chi connectivity index (χ4n) is 1.68. The molecule has 1 heterocycles. The lowest BCUT2D eigenvalue weighted by atomic mass is 10.1. The zero-order valence-electron chi connectivity index (χ0n) is 8.17. The quantitative estimate of drug-likeness (QED) is 0.795. The lowest BCUT2D eigenvalue weighted by Gasteiger charge is -1.98. The molecule has 0 atom stereocenters. The lowest BCUT2D eigenvalue weighted by Crippen LogP contribution is -1.94. The molecule has 0 aliphatic carbocycles. The monoisotopic (exact) mass is 207 g/mol. The van der Waals surface area contributed by atoms with E-state index < -0.39 is 5.97 Å². The Morgan fingerprint density at radius 2 is 2.20 bits per heavy atom. The number of carbonyl (C=O) groups is 1. The number of halogens is 1. The van der Waals surface area contributed by atoms with E-state index in [1.54, 1.807) is 0 Å². The van der Waals surface area contributed by atoms with Crippen LogP contribution in [0.5, 0.6) is 0 Å².